The minimum atomic E-state index is -0.0340. The summed E-state index contributed by atoms with van der Waals surface area (Å²) in [5.74, 6) is 0.157. The molecule has 0 saturated carbocycles. The van der Waals surface area contributed by atoms with Crippen LogP contribution in [0.1, 0.15) is 47.1 Å². The number of hydrogen-bond donors (Lipinski definition) is 0. The first-order valence-electron chi connectivity index (χ1n) is 8.10. The van der Waals surface area contributed by atoms with Gasteiger partial charge >= 0.3 is 0 Å². The van der Waals surface area contributed by atoms with Crippen molar-refractivity contribution in [3.8, 4) is 0 Å². The summed E-state index contributed by atoms with van der Waals surface area (Å²) in [6.07, 6.45) is 2.58. The molecule has 0 spiro atoms. The van der Waals surface area contributed by atoms with Crippen LogP contribution in [0.3, 0.4) is 0 Å². The Kier molecular flexibility index (Phi) is 7.07. The van der Waals surface area contributed by atoms with Crippen molar-refractivity contribution in [2.24, 2.45) is 4.99 Å². The molecule has 126 valence electrons. The molecule has 0 amide bonds. The van der Waals surface area contributed by atoms with E-state index in [-0.39, 0.29) is 11.3 Å². The zero-order valence-corrected chi connectivity index (χ0v) is 16.1. The number of Topliss-reactive ketones (excluding diaryl/α,β-unsaturated/α-hetero) is 1. The second-order valence-corrected chi connectivity index (χ2v) is 6.78. The summed E-state index contributed by atoms with van der Waals surface area (Å²) >= 11 is 1.70. The molecule has 0 aromatic heterocycles. The fourth-order valence-corrected chi connectivity index (χ4v) is 3.56. The number of ketones is 1. The number of aliphatic imine (C=N–C) groups is 1. The van der Waals surface area contributed by atoms with Crippen molar-refractivity contribution in [1.82, 2.24) is 4.90 Å². The Hall–Kier alpha value is -1.55. The topological polar surface area (TPSA) is 32.7 Å². The average Bonchev–Trinajstić information content (AvgIpc) is 2.74. The molecule has 0 bridgehead atoms. The maximum Gasteiger partial charge on any atom is 0.169 e. The molecule has 2 rings (SSSR count). The van der Waals surface area contributed by atoms with Crippen LogP contribution >= 0.6 is 11.8 Å². The molecule has 1 fully saturated rings. The van der Waals surface area contributed by atoms with E-state index in [1.807, 2.05) is 38.1 Å². The van der Waals surface area contributed by atoms with Gasteiger partial charge in [-0.2, -0.15) is 0 Å². The summed E-state index contributed by atoms with van der Waals surface area (Å²) < 4.78 is 0. The molecule has 0 N–H and O–H groups in total. The number of hydrogen-bond acceptors (Lipinski definition) is 3. The molecule has 0 unspecified atom stereocenters. The quantitative estimate of drug-likeness (QED) is 0.763. The number of benzene rings is 1. The normalized spacial score (nSPS) is 19.7. The first kappa shape index (κ1) is 19.5. The Balaban J connectivity index is 0.00000127. The average molecular weight is 333 g/mol. The maximum absolute atomic E-state index is 11.4. The zero-order valence-electron chi connectivity index (χ0n) is 15.3. The number of allylic oxidation sites excluding steroid dienone is 1. The monoisotopic (exact) mass is 332 g/mol. The molecule has 1 aliphatic rings. The van der Waals surface area contributed by atoms with Gasteiger partial charge in [-0.25, -0.2) is 4.99 Å². The van der Waals surface area contributed by atoms with Gasteiger partial charge in [0, 0.05) is 18.4 Å². The lowest BCUT2D eigenvalue weighted by atomic mass is 10.0. The van der Waals surface area contributed by atoms with Crippen LogP contribution in [0.15, 0.2) is 40.2 Å². The Morgan fingerprint density at radius 2 is 1.91 bits per heavy atom. The zero-order chi connectivity index (χ0) is 17.6. The number of likely N-dealkylation sites (N-methyl/N-ethyl adjacent to an activating group) is 1. The highest BCUT2D eigenvalue weighted by atomic mass is 32.2. The standard InChI is InChI=1S/C17H22N2OS.C2H6/c1-6-15-17(3,4)19(5)16(21-15)18-14-10-8-7-9-13(14)11-12(2)20;1-2/h6-10H,11H2,1-5H3;1-2H3/b15-6+,18-16?;. The van der Waals surface area contributed by atoms with Gasteiger partial charge in [0.2, 0.25) is 0 Å². The fourth-order valence-electron chi connectivity index (χ4n) is 2.35. The van der Waals surface area contributed by atoms with Gasteiger partial charge in [0.1, 0.15) is 5.78 Å². The van der Waals surface area contributed by atoms with Crippen LogP contribution in [0.5, 0.6) is 0 Å². The molecule has 0 aliphatic carbocycles. The minimum absolute atomic E-state index is 0.0340. The van der Waals surface area contributed by atoms with E-state index in [4.69, 9.17) is 4.99 Å². The maximum atomic E-state index is 11.4. The van der Waals surface area contributed by atoms with E-state index in [0.717, 1.165) is 16.4 Å². The highest BCUT2D eigenvalue weighted by Gasteiger charge is 2.38. The van der Waals surface area contributed by atoms with Gasteiger partial charge in [-0.3, -0.25) is 4.79 Å². The Bertz CT molecular complexity index is 618. The number of thioether (sulfide) groups is 1. The van der Waals surface area contributed by atoms with E-state index in [9.17, 15) is 4.79 Å². The molecule has 0 atom stereocenters. The smallest absolute Gasteiger partial charge is 0.169 e. The van der Waals surface area contributed by atoms with E-state index >= 15 is 0 Å². The van der Waals surface area contributed by atoms with Crippen LogP contribution in [0.2, 0.25) is 0 Å². The fraction of sp³-hybridized carbons (Fsp3) is 0.474. The van der Waals surface area contributed by atoms with Gasteiger partial charge in [0.15, 0.2) is 5.17 Å². The molecular weight excluding hydrogens is 304 g/mol. The van der Waals surface area contributed by atoms with Gasteiger partial charge in [-0.1, -0.05) is 49.9 Å². The lowest BCUT2D eigenvalue weighted by Crippen LogP contribution is -2.38. The molecule has 23 heavy (non-hydrogen) atoms. The van der Waals surface area contributed by atoms with Crippen LogP contribution in [-0.2, 0) is 11.2 Å². The van der Waals surface area contributed by atoms with Gasteiger partial charge in [-0.15, -0.1) is 0 Å². The van der Waals surface area contributed by atoms with Crippen molar-refractivity contribution in [2.45, 2.75) is 53.5 Å². The molecule has 1 aliphatic heterocycles. The van der Waals surface area contributed by atoms with E-state index in [1.165, 1.54) is 4.91 Å². The number of amidine groups is 1. The van der Waals surface area contributed by atoms with Crippen LogP contribution in [0, 0.1) is 0 Å². The first-order valence-corrected chi connectivity index (χ1v) is 8.92. The van der Waals surface area contributed by atoms with Crippen molar-refractivity contribution >= 4 is 28.4 Å². The summed E-state index contributed by atoms with van der Waals surface area (Å²) in [5, 5.41) is 0.976. The highest BCUT2D eigenvalue weighted by Crippen LogP contribution is 2.43. The lowest BCUT2D eigenvalue weighted by molar-refractivity contribution is -0.116. The summed E-state index contributed by atoms with van der Waals surface area (Å²) in [7, 11) is 2.07. The van der Waals surface area contributed by atoms with Gasteiger partial charge < -0.3 is 4.90 Å². The summed E-state index contributed by atoms with van der Waals surface area (Å²) in [5.41, 5.74) is 1.83. The third kappa shape index (κ3) is 4.47. The molecular formula is C19H28N2OS. The number of carbonyl (C=O) groups excluding carboxylic acids is 1. The largest absolute Gasteiger partial charge is 0.344 e. The van der Waals surface area contributed by atoms with Crippen LogP contribution in [-0.4, -0.2) is 28.4 Å². The Morgan fingerprint density at radius 1 is 1.30 bits per heavy atom. The van der Waals surface area contributed by atoms with Crippen LogP contribution in [0.25, 0.3) is 0 Å². The van der Waals surface area contributed by atoms with Crippen molar-refractivity contribution in [1.29, 1.82) is 0 Å². The molecule has 1 saturated heterocycles. The lowest BCUT2D eigenvalue weighted by Gasteiger charge is -2.29. The number of carbonyl (C=O) groups is 1. The highest BCUT2D eigenvalue weighted by molar-refractivity contribution is 8.17. The Morgan fingerprint density at radius 3 is 2.43 bits per heavy atom. The number of rotatable bonds is 3. The van der Waals surface area contributed by atoms with E-state index in [2.05, 4.69) is 38.8 Å². The van der Waals surface area contributed by atoms with Gasteiger partial charge in [0.25, 0.3) is 0 Å². The first-order chi connectivity index (χ1) is 10.9. The predicted octanol–water partition coefficient (Wildman–Crippen LogP) is 5.19. The number of nitrogens with zero attached hydrogens (tertiary/aromatic N) is 2. The minimum Gasteiger partial charge on any atom is -0.344 e. The van der Waals surface area contributed by atoms with Crippen LogP contribution < -0.4 is 0 Å². The molecule has 1 heterocycles. The Labute approximate surface area is 144 Å². The van der Waals surface area contributed by atoms with Crippen molar-refractivity contribution in [3.63, 3.8) is 0 Å². The third-order valence-electron chi connectivity index (χ3n) is 3.84. The van der Waals surface area contributed by atoms with E-state index in [0.29, 0.717) is 6.42 Å². The second kappa shape index (κ2) is 8.34. The molecule has 3 nitrogen and oxygen atoms in total. The van der Waals surface area contributed by atoms with E-state index in [1.54, 1.807) is 18.7 Å². The predicted molar refractivity (Wildman–Crippen MR) is 102 cm³/mol. The molecule has 1 aromatic carbocycles. The van der Waals surface area contributed by atoms with Crippen molar-refractivity contribution in [2.75, 3.05) is 7.05 Å². The third-order valence-corrected chi connectivity index (χ3v) is 5.34. The van der Waals surface area contributed by atoms with E-state index < -0.39 is 0 Å². The van der Waals surface area contributed by atoms with Crippen LogP contribution in [0.4, 0.5) is 5.69 Å². The van der Waals surface area contributed by atoms with Gasteiger partial charge in [0.05, 0.1) is 11.2 Å². The summed E-state index contributed by atoms with van der Waals surface area (Å²) in [6.45, 7) is 12.1. The second-order valence-electron chi connectivity index (χ2n) is 5.77. The summed E-state index contributed by atoms with van der Waals surface area (Å²) in [4.78, 5) is 19.7. The van der Waals surface area contributed by atoms with Crippen molar-refractivity contribution < 1.29 is 4.79 Å². The number of para-hydroxylation sites is 1. The summed E-state index contributed by atoms with van der Waals surface area (Å²) in [6, 6.07) is 7.86. The molecule has 4 heteroatoms. The SMILES string of the molecule is C/C=C1/SC(=Nc2ccccc2CC(C)=O)N(C)C1(C)C.CC. The molecule has 0 radical (unpaired) electrons. The molecule has 1 aromatic rings. The van der Waals surface area contributed by atoms with Crippen molar-refractivity contribution in [3.05, 3.63) is 40.8 Å². The van der Waals surface area contributed by atoms with Gasteiger partial charge in [-0.05, 0) is 39.3 Å².